The number of hydrogen-bond donors (Lipinski definition) is 2. The predicted molar refractivity (Wildman–Crippen MR) is 76.7 cm³/mol. The van der Waals surface area contributed by atoms with Crippen LogP contribution in [-0.4, -0.2) is 60.3 Å². The first-order valence-electron chi connectivity index (χ1n) is 6.92. The van der Waals surface area contributed by atoms with E-state index in [-0.39, 0.29) is 0 Å². The van der Waals surface area contributed by atoms with Crippen molar-refractivity contribution in [2.75, 3.05) is 44.3 Å². The third-order valence-electron chi connectivity index (χ3n) is 3.54. The summed E-state index contributed by atoms with van der Waals surface area (Å²) < 4.78 is 0. The summed E-state index contributed by atoms with van der Waals surface area (Å²) in [6.45, 7) is 9.72. The molecule has 17 heavy (non-hydrogen) atoms. The van der Waals surface area contributed by atoms with Crippen LogP contribution in [0.5, 0.6) is 0 Å². The normalized spacial score (nSPS) is 26.3. The highest BCUT2D eigenvalue weighted by Gasteiger charge is 2.24. The molecule has 4 heteroatoms. The van der Waals surface area contributed by atoms with E-state index in [0.717, 1.165) is 24.6 Å². The van der Waals surface area contributed by atoms with Gasteiger partial charge in [-0.05, 0) is 37.6 Å². The minimum absolute atomic E-state index is 0.326. The van der Waals surface area contributed by atoms with Crippen LogP contribution in [0.3, 0.4) is 0 Å². The van der Waals surface area contributed by atoms with Gasteiger partial charge in [0.25, 0.3) is 0 Å². The van der Waals surface area contributed by atoms with E-state index in [1.54, 1.807) is 0 Å². The van der Waals surface area contributed by atoms with Crippen molar-refractivity contribution in [1.29, 1.82) is 0 Å². The van der Waals surface area contributed by atoms with E-state index in [4.69, 9.17) is 5.11 Å². The van der Waals surface area contributed by atoms with E-state index in [2.05, 4.69) is 24.1 Å². The van der Waals surface area contributed by atoms with Crippen LogP contribution in [0.2, 0.25) is 0 Å². The molecule has 0 aliphatic carbocycles. The summed E-state index contributed by atoms with van der Waals surface area (Å²) in [5.41, 5.74) is 0. The van der Waals surface area contributed by atoms with Gasteiger partial charge in [-0.25, -0.2) is 0 Å². The van der Waals surface area contributed by atoms with E-state index in [9.17, 15) is 0 Å². The van der Waals surface area contributed by atoms with Crippen LogP contribution in [0.25, 0.3) is 0 Å². The smallest absolute Gasteiger partial charge is 0.0438 e. The average Bonchev–Trinajstić information content (AvgIpc) is 2.35. The van der Waals surface area contributed by atoms with Crippen LogP contribution in [-0.2, 0) is 0 Å². The number of nitrogens with zero attached hydrogens (tertiary/aromatic N) is 1. The van der Waals surface area contributed by atoms with Crippen LogP contribution >= 0.6 is 11.8 Å². The maximum Gasteiger partial charge on any atom is 0.0438 e. The number of nitrogens with one attached hydrogen (secondary N) is 1. The Kier molecular flexibility index (Phi) is 8.27. The van der Waals surface area contributed by atoms with E-state index in [1.165, 1.54) is 31.8 Å². The standard InChI is InChI=1S/C13H28N2OS/c1-3-15-7-5-13(12(2)11-15)14-6-10-17-9-4-8-16/h12-14,16H,3-11H2,1-2H3. The van der Waals surface area contributed by atoms with Gasteiger partial charge in [-0.15, -0.1) is 0 Å². The molecule has 1 fully saturated rings. The topological polar surface area (TPSA) is 35.5 Å². The zero-order valence-corrected chi connectivity index (χ0v) is 12.1. The maximum absolute atomic E-state index is 8.68. The average molecular weight is 260 g/mol. The van der Waals surface area contributed by atoms with Crippen molar-refractivity contribution in [3.05, 3.63) is 0 Å². The number of aliphatic hydroxyl groups excluding tert-OH is 1. The lowest BCUT2D eigenvalue weighted by Crippen LogP contribution is -2.48. The molecule has 0 aromatic heterocycles. The summed E-state index contributed by atoms with van der Waals surface area (Å²) in [4.78, 5) is 2.54. The number of likely N-dealkylation sites (tertiary alicyclic amines) is 1. The summed E-state index contributed by atoms with van der Waals surface area (Å²) in [5.74, 6) is 3.02. The SMILES string of the molecule is CCN1CCC(NCCSCCCO)C(C)C1. The molecule has 0 saturated carbocycles. The Morgan fingerprint density at radius 2 is 2.24 bits per heavy atom. The third kappa shape index (κ3) is 6.09. The summed E-state index contributed by atoms with van der Waals surface area (Å²) in [6.07, 6.45) is 2.21. The van der Waals surface area contributed by atoms with E-state index >= 15 is 0 Å². The highest BCUT2D eigenvalue weighted by molar-refractivity contribution is 7.99. The first kappa shape index (κ1) is 15.3. The fourth-order valence-corrected chi connectivity index (χ4v) is 3.21. The lowest BCUT2D eigenvalue weighted by molar-refractivity contribution is 0.155. The molecule has 1 aliphatic heterocycles. The van der Waals surface area contributed by atoms with Crippen molar-refractivity contribution < 1.29 is 5.11 Å². The molecular formula is C13H28N2OS. The molecule has 1 aliphatic rings. The third-order valence-corrected chi connectivity index (χ3v) is 4.61. The number of piperidine rings is 1. The van der Waals surface area contributed by atoms with Crippen molar-refractivity contribution in [2.45, 2.75) is 32.7 Å². The monoisotopic (exact) mass is 260 g/mol. The van der Waals surface area contributed by atoms with Crippen molar-refractivity contribution in [3.63, 3.8) is 0 Å². The van der Waals surface area contributed by atoms with Gasteiger partial charge < -0.3 is 15.3 Å². The number of rotatable bonds is 8. The van der Waals surface area contributed by atoms with Crippen molar-refractivity contribution in [3.8, 4) is 0 Å². The number of hydrogen-bond acceptors (Lipinski definition) is 4. The van der Waals surface area contributed by atoms with E-state index in [0.29, 0.717) is 12.6 Å². The minimum atomic E-state index is 0.326. The fourth-order valence-electron chi connectivity index (χ4n) is 2.41. The van der Waals surface area contributed by atoms with E-state index in [1.807, 2.05) is 11.8 Å². The summed E-state index contributed by atoms with van der Waals surface area (Å²) >= 11 is 1.94. The molecule has 102 valence electrons. The Labute approximate surface area is 110 Å². The molecular weight excluding hydrogens is 232 g/mol. The van der Waals surface area contributed by atoms with Gasteiger partial charge in [0.2, 0.25) is 0 Å². The first-order chi connectivity index (χ1) is 8.27. The number of aliphatic hydroxyl groups is 1. The Balaban J connectivity index is 2.03. The number of thioether (sulfide) groups is 1. The van der Waals surface area contributed by atoms with Crippen molar-refractivity contribution in [1.82, 2.24) is 10.2 Å². The van der Waals surface area contributed by atoms with Gasteiger partial charge in [-0.3, -0.25) is 0 Å². The Morgan fingerprint density at radius 1 is 1.41 bits per heavy atom. The second kappa shape index (κ2) is 9.20. The van der Waals surface area contributed by atoms with Gasteiger partial charge in [0.15, 0.2) is 0 Å². The Bertz CT molecular complexity index is 192. The molecule has 0 bridgehead atoms. The molecule has 0 spiro atoms. The van der Waals surface area contributed by atoms with Gasteiger partial charge in [-0.2, -0.15) is 11.8 Å². The minimum Gasteiger partial charge on any atom is -0.396 e. The molecule has 0 aromatic rings. The lowest BCUT2D eigenvalue weighted by atomic mass is 9.94. The Morgan fingerprint density at radius 3 is 2.88 bits per heavy atom. The summed E-state index contributed by atoms with van der Waals surface area (Å²) in [6, 6.07) is 0.705. The molecule has 1 rings (SSSR count). The molecule has 0 aromatic carbocycles. The first-order valence-corrected chi connectivity index (χ1v) is 8.07. The largest absolute Gasteiger partial charge is 0.396 e. The van der Waals surface area contributed by atoms with Gasteiger partial charge >= 0.3 is 0 Å². The van der Waals surface area contributed by atoms with Crippen LogP contribution in [0, 0.1) is 5.92 Å². The molecule has 3 nitrogen and oxygen atoms in total. The van der Waals surface area contributed by atoms with Gasteiger partial charge in [0.05, 0.1) is 0 Å². The highest BCUT2D eigenvalue weighted by atomic mass is 32.2. The molecule has 2 unspecified atom stereocenters. The van der Waals surface area contributed by atoms with Gasteiger partial charge in [0, 0.05) is 31.5 Å². The summed E-state index contributed by atoms with van der Waals surface area (Å²) in [5, 5.41) is 12.4. The second-order valence-corrected chi connectivity index (χ2v) is 6.13. The molecule has 0 amide bonds. The molecule has 0 radical (unpaired) electrons. The molecule has 1 heterocycles. The van der Waals surface area contributed by atoms with Crippen LogP contribution in [0.1, 0.15) is 26.7 Å². The van der Waals surface area contributed by atoms with Crippen LogP contribution < -0.4 is 5.32 Å². The van der Waals surface area contributed by atoms with E-state index < -0.39 is 0 Å². The quantitative estimate of drug-likeness (QED) is 0.647. The highest BCUT2D eigenvalue weighted by Crippen LogP contribution is 2.16. The Hall–Kier alpha value is 0.230. The van der Waals surface area contributed by atoms with Crippen LogP contribution in [0.4, 0.5) is 0 Å². The predicted octanol–water partition coefficient (Wildman–Crippen LogP) is 1.42. The van der Waals surface area contributed by atoms with Gasteiger partial charge in [-0.1, -0.05) is 13.8 Å². The zero-order chi connectivity index (χ0) is 12.5. The van der Waals surface area contributed by atoms with Crippen molar-refractivity contribution >= 4 is 11.8 Å². The van der Waals surface area contributed by atoms with Crippen LogP contribution in [0.15, 0.2) is 0 Å². The van der Waals surface area contributed by atoms with Crippen molar-refractivity contribution in [2.24, 2.45) is 5.92 Å². The maximum atomic E-state index is 8.68. The summed E-state index contributed by atoms with van der Waals surface area (Å²) in [7, 11) is 0. The molecule has 2 atom stereocenters. The lowest BCUT2D eigenvalue weighted by Gasteiger charge is -2.36. The second-order valence-electron chi connectivity index (χ2n) is 4.91. The molecule has 2 N–H and O–H groups in total. The molecule has 1 saturated heterocycles. The zero-order valence-electron chi connectivity index (χ0n) is 11.3. The van der Waals surface area contributed by atoms with Gasteiger partial charge in [0.1, 0.15) is 0 Å². The fraction of sp³-hybridized carbons (Fsp3) is 1.00.